The number of nitrogens with zero attached hydrogens (tertiary/aromatic N) is 2. The van der Waals surface area contributed by atoms with E-state index >= 15 is 0 Å². The maximum atomic E-state index is 5.39. The van der Waals surface area contributed by atoms with Gasteiger partial charge in [0.05, 0.1) is 5.03 Å². The quantitative estimate of drug-likeness (QED) is 0.347. The van der Waals surface area contributed by atoms with E-state index < -0.39 is 0 Å². The zero-order valence-corrected chi connectivity index (χ0v) is 6.67. The molecule has 0 N–H and O–H groups in total. The van der Waals surface area contributed by atoms with E-state index in [0.29, 0.717) is 5.03 Å². The number of amidine groups is 1. The Morgan fingerprint density at radius 3 is 2.56 bits per heavy atom. The molecule has 0 fully saturated rings. The SMILES string of the molecule is C=NC(Cl)=NC(=C)SC. The Labute approximate surface area is 63.7 Å². The van der Waals surface area contributed by atoms with Crippen LogP contribution in [0.5, 0.6) is 0 Å². The van der Waals surface area contributed by atoms with E-state index in [4.69, 9.17) is 11.6 Å². The van der Waals surface area contributed by atoms with Crippen molar-refractivity contribution in [2.75, 3.05) is 6.26 Å². The van der Waals surface area contributed by atoms with Crippen molar-refractivity contribution >= 4 is 35.4 Å². The molecular formula is C5H7ClN2S. The van der Waals surface area contributed by atoms with E-state index in [0.717, 1.165) is 0 Å². The van der Waals surface area contributed by atoms with Crippen molar-refractivity contribution in [1.29, 1.82) is 0 Å². The molecule has 0 aliphatic heterocycles. The average molecular weight is 163 g/mol. The van der Waals surface area contributed by atoms with E-state index in [-0.39, 0.29) is 5.29 Å². The second-order valence-electron chi connectivity index (χ2n) is 1.14. The Morgan fingerprint density at radius 1 is 1.67 bits per heavy atom. The van der Waals surface area contributed by atoms with Crippen molar-refractivity contribution in [3.8, 4) is 0 Å². The first-order valence-corrected chi connectivity index (χ1v) is 3.74. The summed E-state index contributed by atoms with van der Waals surface area (Å²) in [5.41, 5.74) is 0. The van der Waals surface area contributed by atoms with Gasteiger partial charge in [0.25, 0.3) is 0 Å². The largest absolute Gasteiger partial charge is 0.234 e. The van der Waals surface area contributed by atoms with Gasteiger partial charge in [-0.2, -0.15) is 0 Å². The third-order valence-electron chi connectivity index (χ3n) is 0.583. The molecule has 2 nitrogen and oxygen atoms in total. The van der Waals surface area contributed by atoms with E-state index in [2.05, 4.69) is 23.3 Å². The smallest absolute Gasteiger partial charge is 0.222 e. The fraction of sp³-hybridized carbons (Fsp3) is 0.200. The number of hydrogen-bond donors (Lipinski definition) is 0. The molecule has 9 heavy (non-hydrogen) atoms. The van der Waals surface area contributed by atoms with Gasteiger partial charge < -0.3 is 0 Å². The normalized spacial score (nSPS) is 11.1. The van der Waals surface area contributed by atoms with Gasteiger partial charge in [-0.25, -0.2) is 9.98 Å². The molecule has 0 aliphatic carbocycles. The maximum Gasteiger partial charge on any atom is 0.222 e. The Bertz CT molecular complexity index is 153. The second-order valence-corrected chi connectivity index (χ2v) is 2.35. The third-order valence-corrected chi connectivity index (χ3v) is 1.35. The van der Waals surface area contributed by atoms with Crippen LogP contribution >= 0.6 is 23.4 Å². The predicted molar refractivity (Wildman–Crippen MR) is 45.5 cm³/mol. The van der Waals surface area contributed by atoms with Crippen LogP contribution < -0.4 is 0 Å². The topological polar surface area (TPSA) is 24.7 Å². The van der Waals surface area contributed by atoms with Crippen LogP contribution in [0.3, 0.4) is 0 Å². The summed E-state index contributed by atoms with van der Waals surface area (Å²) in [5, 5.41) is 0.766. The molecule has 50 valence electrons. The maximum absolute atomic E-state index is 5.39. The lowest BCUT2D eigenvalue weighted by Crippen LogP contribution is -1.77. The summed E-state index contributed by atoms with van der Waals surface area (Å²) < 4.78 is 0. The highest BCUT2D eigenvalue weighted by Crippen LogP contribution is 2.10. The van der Waals surface area contributed by atoms with Crippen LogP contribution in [0.15, 0.2) is 21.6 Å². The van der Waals surface area contributed by atoms with E-state index in [9.17, 15) is 0 Å². The summed E-state index contributed by atoms with van der Waals surface area (Å²) in [6.07, 6.45) is 1.86. The molecule has 0 saturated carbocycles. The summed E-state index contributed by atoms with van der Waals surface area (Å²) in [4.78, 5) is 7.10. The molecule has 0 bridgehead atoms. The molecule has 0 atom stereocenters. The first-order chi connectivity index (χ1) is 4.20. The molecule has 0 spiro atoms. The van der Waals surface area contributed by atoms with Crippen molar-refractivity contribution < 1.29 is 0 Å². The van der Waals surface area contributed by atoms with Gasteiger partial charge in [0.2, 0.25) is 5.29 Å². The minimum absolute atomic E-state index is 0.134. The fourth-order valence-electron chi connectivity index (χ4n) is 0.184. The van der Waals surface area contributed by atoms with Crippen LogP contribution in [0, 0.1) is 0 Å². The third kappa shape index (κ3) is 4.24. The number of rotatable bonds is 2. The van der Waals surface area contributed by atoms with Gasteiger partial charge in [-0.05, 0) is 24.6 Å². The van der Waals surface area contributed by atoms with Crippen LogP contribution in [0.4, 0.5) is 0 Å². The lowest BCUT2D eigenvalue weighted by Gasteiger charge is -1.89. The summed E-state index contributed by atoms with van der Waals surface area (Å²) in [6.45, 7) is 6.75. The molecule has 0 radical (unpaired) electrons. The number of halogens is 1. The lowest BCUT2D eigenvalue weighted by molar-refractivity contribution is 1.52. The molecule has 0 saturated heterocycles. The molecular weight excluding hydrogens is 156 g/mol. The molecule has 0 aromatic rings. The predicted octanol–water partition coefficient (Wildman–Crippen LogP) is 2.12. The standard InChI is InChI=1S/C5H7ClN2S/c1-4(9-3)8-5(6)7-2/h1-2H2,3H3. The molecule has 0 amide bonds. The molecule has 4 heteroatoms. The first-order valence-electron chi connectivity index (χ1n) is 2.14. The summed E-state index contributed by atoms with van der Waals surface area (Å²) in [6, 6.07) is 0. The Morgan fingerprint density at radius 2 is 2.22 bits per heavy atom. The van der Waals surface area contributed by atoms with Gasteiger partial charge in [0, 0.05) is 0 Å². The Balaban J connectivity index is 3.94. The van der Waals surface area contributed by atoms with Crippen molar-refractivity contribution in [2.45, 2.75) is 0 Å². The van der Waals surface area contributed by atoms with E-state index in [1.165, 1.54) is 11.8 Å². The van der Waals surface area contributed by atoms with Gasteiger partial charge in [0.15, 0.2) is 0 Å². The van der Waals surface area contributed by atoms with Gasteiger partial charge in [0.1, 0.15) is 0 Å². The van der Waals surface area contributed by atoms with Gasteiger partial charge in [-0.3, -0.25) is 0 Å². The number of aliphatic imine (C=N–C) groups is 2. The molecule has 0 aromatic carbocycles. The van der Waals surface area contributed by atoms with Gasteiger partial charge >= 0.3 is 0 Å². The highest BCUT2D eigenvalue weighted by atomic mass is 35.5. The molecule has 0 aromatic heterocycles. The van der Waals surface area contributed by atoms with Crippen molar-refractivity contribution in [2.24, 2.45) is 9.98 Å². The summed E-state index contributed by atoms with van der Waals surface area (Å²) in [5.74, 6) is 0. The minimum atomic E-state index is 0.134. The molecule has 0 aliphatic rings. The van der Waals surface area contributed by atoms with Gasteiger partial charge in [-0.1, -0.05) is 6.58 Å². The molecule has 0 rings (SSSR count). The Kier molecular flexibility index (Phi) is 4.44. The molecule has 0 heterocycles. The van der Waals surface area contributed by atoms with Crippen LogP contribution in [-0.2, 0) is 0 Å². The second kappa shape index (κ2) is 4.58. The van der Waals surface area contributed by atoms with Crippen LogP contribution in [-0.4, -0.2) is 18.3 Å². The summed E-state index contributed by atoms with van der Waals surface area (Å²) >= 11 is 6.80. The highest BCUT2D eigenvalue weighted by Gasteiger charge is 1.87. The zero-order valence-electron chi connectivity index (χ0n) is 5.09. The highest BCUT2D eigenvalue weighted by molar-refractivity contribution is 8.02. The zero-order chi connectivity index (χ0) is 7.28. The van der Waals surface area contributed by atoms with Gasteiger partial charge in [-0.15, -0.1) is 11.8 Å². The monoisotopic (exact) mass is 162 g/mol. The van der Waals surface area contributed by atoms with E-state index in [1.807, 2.05) is 6.26 Å². The molecule has 0 unspecified atom stereocenters. The minimum Gasteiger partial charge on any atom is -0.234 e. The summed E-state index contributed by atoms with van der Waals surface area (Å²) in [7, 11) is 0. The number of hydrogen-bond acceptors (Lipinski definition) is 2. The number of thioether (sulfide) groups is 1. The van der Waals surface area contributed by atoms with Crippen molar-refractivity contribution in [1.82, 2.24) is 0 Å². The Hall–Kier alpha value is -0.280. The fourth-order valence-corrected chi connectivity index (χ4v) is 0.514. The van der Waals surface area contributed by atoms with Crippen molar-refractivity contribution in [3.05, 3.63) is 11.6 Å². The average Bonchev–Trinajstić information content (AvgIpc) is 1.87. The van der Waals surface area contributed by atoms with Crippen LogP contribution in [0.1, 0.15) is 0 Å². The first kappa shape index (κ1) is 8.72. The van der Waals surface area contributed by atoms with Crippen molar-refractivity contribution in [3.63, 3.8) is 0 Å². The lowest BCUT2D eigenvalue weighted by atomic mass is 11.0. The van der Waals surface area contributed by atoms with Crippen LogP contribution in [0.2, 0.25) is 0 Å². The van der Waals surface area contributed by atoms with E-state index in [1.54, 1.807) is 0 Å². The van der Waals surface area contributed by atoms with Crippen LogP contribution in [0.25, 0.3) is 0 Å².